The Hall–Kier alpha value is -3.78. The molecule has 0 aromatic heterocycles. The Bertz CT molecular complexity index is 1590. The molecule has 4 nitrogen and oxygen atoms in total. The van der Waals surface area contributed by atoms with Crippen LogP contribution in [0.15, 0.2) is 158 Å². The Labute approximate surface area is 279 Å². The average Bonchev–Trinajstić information content (AvgIpc) is 3.45. The number of hydrogen-bond donors (Lipinski definition) is 0. The van der Waals surface area contributed by atoms with Crippen LogP contribution in [0.2, 0.25) is 0 Å². The smallest absolute Gasteiger partial charge is 0.178 e. The maximum Gasteiger partial charge on any atom is 0.178 e. The largest absolute Gasteiger partial charge is 0.342 e. The minimum atomic E-state index is -2.87. The first kappa shape index (κ1) is 33.1. The van der Waals surface area contributed by atoms with E-state index in [1.54, 1.807) is 0 Å². The lowest BCUT2D eigenvalue weighted by molar-refractivity contribution is -0.0231. The highest BCUT2D eigenvalue weighted by Gasteiger charge is 2.43. The Morgan fingerprint density at radius 3 is 1.06 bits per heavy atom. The molecule has 1 heterocycles. The van der Waals surface area contributed by atoms with Crippen LogP contribution in [-0.2, 0) is 43.3 Å². The van der Waals surface area contributed by atoms with Gasteiger partial charge in [0, 0.05) is 37.0 Å². The minimum Gasteiger partial charge on any atom is -0.342 e. The first-order valence-electron chi connectivity index (χ1n) is 16.3. The zero-order valence-corrected chi connectivity index (χ0v) is 28.4. The summed E-state index contributed by atoms with van der Waals surface area (Å²) in [5, 5.41) is 0. The highest BCUT2D eigenvalue weighted by molar-refractivity contribution is 7.62. The second-order valence-electron chi connectivity index (χ2n) is 12.5. The first-order chi connectivity index (χ1) is 22.9. The summed E-state index contributed by atoms with van der Waals surface area (Å²) in [6.07, 6.45) is 4.87. The van der Waals surface area contributed by atoms with Crippen LogP contribution in [0.5, 0.6) is 0 Å². The predicted molar refractivity (Wildman–Crippen MR) is 195 cm³/mol. The van der Waals surface area contributed by atoms with E-state index in [-0.39, 0.29) is 0 Å². The molecule has 47 heavy (non-hydrogen) atoms. The fraction of sp³-hybridized carbons (Fsp3) is 0.220. The highest BCUT2D eigenvalue weighted by atomic mass is 31.2. The predicted octanol–water partition coefficient (Wildman–Crippen LogP) is 10.3. The molecule has 0 radical (unpaired) electrons. The van der Waals surface area contributed by atoms with Crippen molar-refractivity contribution in [2.75, 3.05) is 12.3 Å². The standard InChI is InChI=1S/C41H42O4P2/c42-46(28-35-18-8-2-9-19-35,29-36-20-10-3-11-21-36)32-39-40(45-41(44-39)27-26-34-16-6-1-7-17-34)33-47(43,30-37-22-12-4-13-23-37)31-38-24-14-5-15-25-38/h1-27,39-41H,28-33H2. The third-order valence-electron chi connectivity index (χ3n) is 8.56. The van der Waals surface area contributed by atoms with Crippen LogP contribution in [0.25, 0.3) is 6.08 Å². The third-order valence-corrected chi connectivity index (χ3v) is 14.4. The zero-order chi connectivity index (χ0) is 32.4. The van der Waals surface area contributed by atoms with Crippen molar-refractivity contribution in [3.05, 3.63) is 186 Å². The van der Waals surface area contributed by atoms with E-state index in [0.717, 1.165) is 27.8 Å². The van der Waals surface area contributed by atoms with Crippen LogP contribution in [0, 0.1) is 0 Å². The molecule has 1 aliphatic heterocycles. The molecule has 1 fully saturated rings. The van der Waals surface area contributed by atoms with Crippen molar-refractivity contribution in [1.82, 2.24) is 0 Å². The van der Waals surface area contributed by atoms with E-state index >= 15 is 9.13 Å². The van der Waals surface area contributed by atoms with Crippen molar-refractivity contribution in [1.29, 1.82) is 0 Å². The van der Waals surface area contributed by atoms with Gasteiger partial charge in [0.25, 0.3) is 0 Å². The lowest BCUT2D eigenvalue weighted by Gasteiger charge is -2.27. The zero-order valence-electron chi connectivity index (χ0n) is 26.6. The maximum absolute atomic E-state index is 15.1. The molecule has 2 atom stereocenters. The topological polar surface area (TPSA) is 52.6 Å². The SMILES string of the molecule is O=P(Cc1ccccc1)(Cc1ccccc1)CC1OC(C=Cc2ccccc2)OC1CP(=O)(Cc1ccccc1)Cc1ccccc1. The quantitative estimate of drug-likeness (QED) is 0.111. The van der Waals surface area contributed by atoms with E-state index in [1.807, 2.05) is 164 Å². The van der Waals surface area contributed by atoms with E-state index in [2.05, 4.69) is 0 Å². The van der Waals surface area contributed by atoms with Crippen molar-refractivity contribution in [3.8, 4) is 0 Å². The molecule has 240 valence electrons. The molecule has 0 aliphatic carbocycles. The summed E-state index contributed by atoms with van der Waals surface area (Å²) in [4.78, 5) is 0. The Morgan fingerprint density at radius 2 is 0.745 bits per heavy atom. The van der Waals surface area contributed by atoms with Gasteiger partial charge in [0.05, 0.1) is 26.5 Å². The second kappa shape index (κ2) is 15.9. The molecule has 6 rings (SSSR count). The normalized spacial score (nSPS) is 18.4. The summed E-state index contributed by atoms with van der Waals surface area (Å²) in [6, 6.07) is 50.3. The summed E-state index contributed by atoms with van der Waals surface area (Å²) < 4.78 is 43.4. The van der Waals surface area contributed by atoms with Crippen LogP contribution in [0.3, 0.4) is 0 Å². The van der Waals surface area contributed by atoms with Crippen molar-refractivity contribution in [2.24, 2.45) is 0 Å². The molecule has 0 N–H and O–H groups in total. The van der Waals surface area contributed by atoms with Crippen molar-refractivity contribution in [3.63, 3.8) is 0 Å². The Morgan fingerprint density at radius 1 is 0.447 bits per heavy atom. The fourth-order valence-corrected chi connectivity index (χ4v) is 12.6. The van der Waals surface area contributed by atoms with Gasteiger partial charge in [-0.1, -0.05) is 158 Å². The molecule has 0 amide bonds. The van der Waals surface area contributed by atoms with Crippen molar-refractivity contribution < 1.29 is 18.6 Å². The van der Waals surface area contributed by atoms with E-state index in [4.69, 9.17) is 9.47 Å². The molecule has 0 saturated carbocycles. The molecule has 0 spiro atoms. The van der Waals surface area contributed by atoms with Crippen molar-refractivity contribution >= 4 is 20.4 Å². The lowest BCUT2D eigenvalue weighted by atomic mass is 10.2. The molecular weight excluding hydrogens is 618 g/mol. The third kappa shape index (κ3) is 9.86. The van der Waals surface area contributed by atoms with Gasteiger partial charge in [-0.05, 0) is 33.9 Å². The van der Waals surface area contributed by atoms with Gasteiger partial charge in [-0.15, -0.1) is 0 Å². The lowest BCUT2D eigenvalue weighted by Crippen LogP contribution is -2.30. The fourth-order valence-electron chi connectivity index (χ4n) is 6.41. The van der Waals surface area contributed by atoms with Gasteiger partial charge in [0.2, 0.25) is 0 Å². The maximum atomic E-state index is 15.1. The molecule has 2 unspecified atom stereocenters. The van der Waals surface area contributed by atoms with Gasteiger partial charge >= 0.3 is 0 Å². The summed E-state index contributed by atoms with van der Waals surface area (Å²) in [5.74, 6) is 0. The Kier molecular flexibility index (Phi) is 11.2. The van der Waals surface area contributed by atoms with Crippen LogP contribution < -0.4 is 0 Å². The van der Waals surface area contributed by atoms with Crippen LogP contribution in [0.1, 0.15) is 27.8 Å². The summed E-state index contributed by atoms with van der Waals surface area (Å²) in [7, 11) is -5.74. The number of ether oxygens (including phenoxy) is 2. The summed E-state index contributed by atoms with van der Waals surface area (Å²) >= 11 is 0. The summed E-state index contributed by atoms with van der Waals surface area (Å²) in [5.41, 5.74) is 5.21. The molecule has 1 aliphatic rings. The minimum absolute atomic E-state index is 0.341. The van der Waals surface area contributed by atoms with Crippen LogP contribution >= 0.6 is 14.3 Å². The number of rotatable bonds is 14. The van der Waals surface area contributed by atoms with Crippen LogP contribution in [-0.4, -0.2) is 30.8 Å². The molecule has 5 aromatic carbocycles. The monoisotopic (exact) mass is 660 g/mol. The molecule has 1 saturated heterocycles. The van der Waals surface area contributed by atoms with Gasteiger partial charge in [0.1, 0.15) is 0 Å². The molecule has 0 bridgehead atoms. The molecule has 5 aromatic rings. The second-order valence-corrected chi connectivity index (χ2v) is 18.8. The van der Waals surface area contributed by atoms with Gasteiger partial charge < -0.3 is 18.6 Å². The van der Waals surface area contributed by atoms with Gasteiger partial charge in [-0.2, -0.15) is 0 Å². The Balaban J connectivity index is 1.31. The van der Waals surface area contributed by atoms with E-state index < -0.39 is 32.8 Å². The summed E-state index contributed by atoms with van der Waals surface area (Å²) in [6.45, 7) is 0. The van der Waals surface area contributed by atoms with Gasteiger partial charge in [-0.25, -0.2) is 0 Å². The highest BCUT2D eigenvalue weighted by Crippen LogP contribution is 2.57. The van der Waals surface area contributed by atoms with E-state index in [9.17, 15) is 0 Å². The number of benzene rings is 5. The van der Waals surface area contributed by atoms with E-state index in [1.165, 1.54) is 0 Å². The van der Waals surface area contributed by atoms with E-state index in [0.29, 0.717) is 37.0 Å². The van der Waals surface area contributed by atoms with Gasteiger partial charge in [-0.3, -0.25) is 0 Å². The molecular formula is C41H42O4P2. The average molecular weight is 661 g/mol. The van der Waals surface area contributed by atoms with Gasteiger partial charge in [0.15, 0.2) is 6.29 Å². The molecule has 6 heteroatoms. The van der Waals surface area contributed by atoms with Crippen molar-refractivity contribution in [2.45, 2.75) is 43.1 Å². The van der Waals surface area contributed by atoms with Crippen LogP contribution in [0.4, 0.5) is 0 Å². The number of hydrogen-bond acceptors (Lipinski definition) is 4. The first-order valence-corrected chi connectivity index (χ1v) is 20.8.